The summed E-state index contributed by atoms with van der Waals surface area (Å²) in [6, 6.07) is 7.15. The lowest BCUT2D eigenvalue weighted by molar-refractivity contribution is -0.120. The third-order valence-electron chi connectivity index (χ3n) is 4.02. The number of halogens is 2. The molecule has 0 spiro atoms. The van der Waals surface area contributed by atoms with Crippen LogP contribution < -0.4 is 4.90 Å². The van der Waals surface area contributed by atoms with Gasteiger partial charge in [0.05, 0.1) is 32.4 Å². The van der Waals surface area contributed by atoms with Gasteiger partial charge in [-0.05, 0) is 43.7 Å². The summed E-state index contributed by atoms with van der Waals surface area (Å²) >= 11 is 11.9. The number of nitrogens with zero attached hydrogens (tertiary/aromatic N) is 1. The van der Waals surface area contributed by atoms with E-state index in [9.17, 15) is 19.2 Å². The summed E-state index contributed by atoms with van der Waals surface area (Å²) < 4.78 is 4.88. The van der Waals surface area contributed by atoms with Crippen LogP contribution >= 0.6 is 23.2 Å². The second-order valence-electron chi connectivity index (χ2n) is 6.04. The topological polar surface area (TPSA) is 80.8 Å². The Hall–Kier alpha value is -2.70. The van der Waals surface area contributed by atoms with Crippen molar-refractivity contribution in [1.82, 2.24) is 0 Å². The molecule has 1 aliphatic heterocycles. The zero-order valence-electron chi connectivity index (χ0n) is 14.3. The molecule has 1 aliphatic rings. The third-order valence-corrected chi connectivity index (χ3v) is 4.74. The number of carbonyl (C=O) groups excluding carboxylic acids is 4. The van der Waals surface area contributed by atoms with Crippen LogP contribution in [0, 0.1) is 6.92 Å². The van der Waals surface area contributed by atoms with E-state index in [1.807, 2.05) is 0 Å². The first kappa shape index (κ1) is 19.1. The molecule has 0 radical (unpaired) electrons. The van der Waals surface area contributed by atoms with Gasteiger partial charge >= 0.3 is 5.97 Å². The van der Waals surface area contributed by atoms with Crippen LogP contribution in [0.2, 0.25) is 10.0 Å². The molecule has 0 saturated heterocycles. The van der Waals surface area contributed by atoms with Crippen LogP contribution in [0.5, 0.6) is 0 Å². The van der Waals surface area contributed by atoms with Crippen LogP contribution in [-0.2, 0) is 9.53 Å². The quantitative estimate of drug-likeness (QED) is 0.569. The van der Waals surface area contributed by atoms with Crippen molar-refractivity contribution in [2.75, 3.05) is 11.5 Å². The van der Waals surface area contributed by atoms with E-state index in [-0.39, 0.29) is 44.8 Å². The molecule has 0 unspecified atom stereocenters. The first-order valence-corrected chi connectivity index (χ1v) is 8.61. The van der Waals surface area contributed by atoms with Crippen molar-refractivity contribution >= 4 is 52.5 Å². The number of aryl methyl sites for hydroxylation is 1. The number of benzene rings is 2. The number of ether oxygens (including phenoxy) is 1. The molecule has 0 fully saturated rings. The van der Waals surface area contributed by atoms with Crippen molar-refractivity contribution in [1.29, 1.82) is 0 Å². The zero-order chi connectivity index (χ0) is 19.9. The molecule has 2 aromatic rings. The molecule has 0 aromatic heterocycles. The average Bonchev–Trinajstić information content (AvgIpc) is 2.84. The van der Waals surface area contributed by atoms with E-state index in [2.05, 4.69) is 0 Å². The van der Waals surface area contributed by atoms with Crippen LogP contribution in [0.15, 0.2) is 30.3 Å². The Morgan fingerprint density at radius 3 is 2.07 bits per heavy atom. The first-order valence-electron chi connectivity index (χ1n) is 7.85. The molecule has 27 heavy (non-hydrogen) atoms. The zero-order valence-corrected chi connectivity index (χ0v) is 15.9. The summed E-state index contributed by atoms with van der Waals surface area (Å²) in [5.41, 5.74) is 1.23. The van der Waals surface area contributed by atoms with Gasteiger partial charge in [-0.3, -0.25) is 14.4 Å². The van der Waals surface area contributed by atoms with Crippen molar-refractivity contribution < 1.29 is 23.9 Å². The number of anilines is 1. The van der Waals surface area contributed by atoms with E-state index in [1.54, 1.807) is 13.0 Å². The number of ketones is 1. The number of fused-ring (bicyclic) bond motifs is 1. The van der Waals surface area contributed by atoms with Crippen molar-refractivity contribution in [3.63, 3.8) is 0 Å². The first-order chi connectivity index (χ1) is 12.7. The highest BCUT2D eigenvalue weighted by atomic mass is 35.5. The SMILES string of the molecule is CC(=O)COC(=O)c1ccc(C)c(N2C(=O)c3cc(Cl)c(Cl)cc3C2=O)c1. The molecule has 0 N–H and O–H groups in total. The molecule has 1 heterocycles. The molecule has 3 rings (SSSR count). The summed E-state index contributed by atoms with van der Waals surface area (Å²) in [5.74, 6) is -2.16. The minimum Gasteiger partial charge on any atom is -0.454 e. The molecular formula is C19H13Cl2NO5. The Bertz CT molecular complexity index is 974. The highest BCUT2D eigenvalue weighted by Gasteiger charge is 2.38. The predicted octanol–water partition coefficient (Wildman–Crippen LogP) is 3.85. The minimum atomic E-state index is -0.728. The van der Waals surface area contributed by atoms with Crippen molar-refractivity contribution in [2.45, 2.75) is 13.8 Å². The predicted molar refractivity (Wildman–Crippen MR) is 99.7 cm³/mol. The van der Waals surface area contributed by atoms with Crippen LogP contribution in [-0.4, -0.2) is 30.2 Å². The smallest absolute Gasteiger partial charge is 0.338 e. The van der Waals surface area contributed by atoms with Gasteiger partial charge in [0.15, 0.2) is 5.78 Å². The number of amides is 2. The largest absolute Gasteiger partial charge is 0.454 e. The van der Waals surface area contributed by atoms with E-state index in [1.165, 1.54) is 31.2 Å². The van der Waals surface area contributed by atoms with Gasteiger partial charge < -0.3 is 4.74 Å². The fourth-order valence-electron chi connectivity index (χ4n) is 2.68. The molecule has 2 amide bonds. The fraction of sp³-hybridized carbons (Fsp3) is 0.158. The molecule has 0 saturated carbocycles. The standard InChI is InChI=1S/C19H13Cl2NO5/c1-9-3-4-11(19(26)27-8-10(2)23)5-16(9)22-17(24)12-6-14(20)15(21)7-13(12)18(22)25/h3-7H,8H2,1-2H3. The van der Waals surface area contributed by atoms with Gasteiger partial charge in [0.25, 0.3) is 11.8 Å². The Balaban J connectivity index is 2.00. The maximum absolute atomic E-state index is 12.8. The molecule has 8 heteroatoms. The molecule has 0 atom stereocenters. The lowest BCUT2D eigenvalue weighted by Crippen LogP contribution is -2.30. The Morgan fingerprint density at radius 2 is 1.56 bits per heavy atom. The number of hydrogen-bond donors (Lipinski definition) is 0. The van der Waals surface area contributed by atoms with Gasteiger partial charge in [0.1, 0.15) is 6.61 Å². The van der Waals surface area contributed by atoms with Crippen LogP contribution in [0.25, 0.3) is 0 Å². The van der Waals surface area contributed by atoms with Crippen molar-refractivity contribution in [3.8, 4) is 0 Å². The lowest BCUT2D eigenvalue weighted by atomic mass is 10.1. The van der Waals surface area contributed by atoms with Crippen molar-refractivity contribution in [3.05, 3.63) is 62.6 Å². The van der Waals surface area contributed by atoms with Gasteiger partial charge in [-0.2, -0.15) is 0 Å². The monoisotopic (exact) mass is 405 g/mol. The van der Waals surface area contributed by atoms with E-state index in [0.29, 0.717) is 5.56 Å². The summed E-state index contributed by atoms with van der Waals surface area (Å²) in [6.07, 6.45) is 0. The number of rotatable bonds is 4. The Morgan fingerprint density at radius 1 is 1.00 bits per heavy atom. The van der Waals surface area contributed by atoms with Gasteiger partial charge in [-0.15, -0.1) is 0 Å². The summed E-state index contributed by atoms with van der Waals surface area (Å²) in [6.45, 7) is 2.64. The third kappa shape index (κ3) is 3.46. The normalized spacial score (nSPS) is 13.0. The number of Topliss-reactive ketones (excluding diaryl/α,β-unsaturated/α-hetero) is 1. The highest BCUT2D eigenvalue weighted by molar-refractivity contribution is 6.44. The lowest BCUT2D eigenvalue weighted by Gasteiger charge is -2.17. The van der Waals surface area contributed by atoms with Gasteiger partial charge in [-0.1, -0.05) is 29.3 Å². The number of esters is 1. The highest BCUT2D eigenvalue weighted by Crippen LogP contribution is 2.35. The minimum absolute atomic E-state index is 0.115. The summed E-state index contributed by atoms with van der Waals surface area (Å²) in [4.78, 5) is 49.6. The number of hydrogen-bond acceptors (Lipinski definition) is 5. The van der Waals surface area contributed by atoms with E-state index in [4.69, 9.17) is 27.9 Å². The van der Waals surface area contributed by atoms with Gasteiger partial charge in [0.2, 0.25) is 0 Å². The summed E-state index contributed by atoms with van der Waals surface area (Å²) in [5, 5.41) is 0.327. The molecule has 0 bridgehead atoms. The number of imide groups is 1. The van der Waals surface area contributed by atoms with Gasteiger partial charge in [0, 0.05) is 0 Å². The molecule has 6 nitrogen and oxygen atoms in total. The van der Waals surface area contributed by atoms with Crippen molar-refractivity contribution in [2.24, 2.45) is 0 Å². The molecule has 0 aliphatic carbocycles. The van der Waals surface area contributed by atoms with Crippen LogP contribution in [0.4, 0.5) is 5.69 Å². The maximum Gasteiger partial charge on any atom is 0.338 e. The van der Waals surface area contributed by atoms with Crippen LogP contribution in [0.3, 0.4) is 0 Å². The van der Waals surface area contributed by atoms with E-state index >= 15 is 0 Å². The maximum atomic E-state index is 12.8. The summed E-state index contributed by atoms with van der Waals surface area (Å²) in [7, 11) is 0. The fourth-order valence-corrected chi connectivity index (χ4v) is 3.01. The van der Waals surface area contributed by atoms with E-state index < -0.39 is 17.8 Å². The molecular weight excluding hydrogens is 393 g/mol. The Labute approximate surface area is 164 Å². The Kier molecular flexibility index (Phi) is 5.04. The average molecular weight is 406 g/mol. The number of carbonyl (C=O) groups is 4. The second kappa shape index (κ2) is 7.13. The molecule has 138 valence electrons. The van der Waals surface area contributed by atoms with E-state index in [0.717, 1.165) is 4.90 Å². The van der Waals surface area contributed by atoms with Gasteiger partial charge in [-0.25, -0.2) is 9.69 Å². The molecule has 2 aromatic carbocycles. The van der Waals surface area contributed by atoms with Crippen LogP contribution in [0.1, 0.15) is 43.6 Å². The second-order valence-corrected chi connectivity index (χ2v) is 6.85.